The number of thioether (sulfide) groups is 1. The first-order chi connectivity index (χ1) is 13.2. The number of aromatic nitrogens is 6. The third-order valence-corrected chi connectivity index (χ3v) is 6.12. The molecule has 1 aliphatic heterocycles. The Bertz CT molecular complexity index is 972. The molecule has 1 aliphatic rings. The maximum atomic E-state index is 13.2. The van der Waals surface area contributed by atoms with Crippen molar-refractivity contribution >= 4 is 11.8 Å². The van der Waals surface area contributed by atoms with Crippen molar-refractivity contribution in [3.8, 4) is 11.4 Å². The zero-order valence-corrected chi connectivity index (χ0v) is 16.2. The maximum absolute atomic E-state index is 13.2. The summed E-state index contributed by atoms with van der Waals surface area (Å²) in [5, 5.41) is 12.7. The highest BCUT2D eigenvalue weighted by atomic mass is 32.2. The van der Waals surface area contributed by atoms with Crippen LogP contribution in [-0.4, -0.2) is 48.5 Å². The normalized spacial score (nSPS) is 15.3. The fourth-order valence-corrected chi connectivity index (χ4v) is 4.38. The molecule has 2 aromatic heterocycles. The lowest BCUT2D eigenvalue weighted by molar-refractivity contribution is 0.0728. The molecule has 0 unspecified atom stereocenters. The van der Waals surface area contributed by atoms with Crippen LogP contribution in [0.3, 0.4) is 0 Å². The van der Waals surface area contributed by atoms with Gasteiger partial charge in [0.05, 0.1) is 11.4 Å². The number of hydrogen-bond acceptors (Lipinski definition) is 6. The monoisotopic (exact) mass is 386 g/mol. The molecular weight excluding hydrogens is 364 g/mol. The molecule has 0 aliphatic carbocycles. The van der Waals surface area contributed by atoms with Crippen molar-refractivity contribution in [3.05, 3.63) is 46.4 Å². The van der Waals surface area contributed by atoms with E-state index >= 15 is 0 Å². The van der Waals surface area contributed by atoms with Gasteiger partial charge in [-0.25, -0.2) is 4.68 Å². The first kappa shape index (κ1) is 18.0. The third-order valence-electron chi connectivity index (χ3n) is 4.97. The van der Waals surface area contributed by atoms with Gasteiger partial charge in [-0.05, 0) is 48.2 Å². The summed E-state index contributed by atoms with van der Waals surface area (Å²) in [6.45, 7) is 3.54. The van der Waals surface area contributed by atoms with Crippen LogP contribution in [0.1, 0.15) is 18.5 Å². The predicted octanol–water partition coefficient (Wildman–Crippen LogP) is 1.98. The molecule has 9 heteroatoms. The van der Waals surface area contributed by atoms with Crippen LogP contribution in [0.4, 0.5) is 0 Å². The van der Waals surface area contributed by atoms with Crippen molar-refractivity contribution < 1.29 is 4.74 Å². The molecule has 142 valence electrons. The fraction of sp³-hybridized carbons (Fsp3) is 0.444. The van der Waals surface area contributed by atoms with Gasteiger partial charge in [0.2, 0.25) is 5.16 Å². The minimum absolute atomic E-state index is 0.138. The Hall–Kier alpha value is -2.39. The van der Waals surface area contributed by atoms with E-state index in [0.717, 1.165) is 43.2 Å². The largest absolute Gasteiger partial charge is 0.381 e. The van der Waals surface area contributed by atoms with Crippen LogP contribution < -0.4 is 5.56 Å². The number of ether oxygens (including phenoxy) is 1. The Morgan fingerprint density at radius 1 is 1.22 bits per heavy atom. The van der Waals surface area contributed by atoms with E-state index in [-0.39, 0.29) is 5.56 Å². The van der Waals surface area contributed by atoms with E-state index in [9.17, 15) is 4.79 Å². The molecule has 3 heterocycles. The topological polar surface area (TPSA) is 79.8 Å². The van der Waals surface area contributed by atoms with Crippen LogP contribution in [0.15, 0.2) is 40.3 Å². The molecule has 0 saturated carbocycles. The van der Waals surface area contributed by atoms with Gasteiger partial charge in [0, 0.05) is 26.0 Å². The molecule has 3 aromatic rings. The van der Waals surface area contributed by atoms with E-state index in [1.807, 2.05) is 49.0 Å². The molecule has 1 aromatic carbocycles. The van der Waals surface area contributed by atoms with Crippen LogP contribution >= 0.6 is 11.8 Å². The number of rotatable bonds is 5. The molecule has 0 atom stereocenters. The summed E-state index contributed by atoms with van der Waals surface area (Å²) in [5.41, 5.74) is 1.97. The lowest BCUT2D eigenvalue weighted by Crippen LogP contribution is -2.22. The van der Waals surface area contributed by atoms with E-state index in [4.69, 9.17) is 4.74 Å². The van der Waals surface area contributed by atoms with Crippen molar-refractivity contribution in [1.29, 1.82) is 0 Å². The van der Waals surface area contributed by atoms with Crippen LogP contribution in [0, 0.1) is 12.8 Å². The lowest BCUT2D eigenvalue weighted by Gasteiger charge is -2.20. The van der Waals surface area contributed by atoms with Crippen LogP contribution in [0.2, 0.25) is 0 Å². The summed E-state index contributed by atoms with van der Waals surface area (Å²) in [6.07, 6.45) is 2.11. The Morgan fingerprint density at radius 3 is 2.70 bits per heavy atom. The van der Waals surface area contributed by atoms with E-state index in [1.165, 1.54) is 0 Å². The van der Waals surface area contributed by atoms with Gasteiger partial charge in [0.25, 0.3) is 5.56 Å². The Balaban J connectivity index is 1.67. The summed E-state index contributed by atoms with van der Waals surface area (Å²) in [6, 6.07) is 9.57. The number of nitrogens with zero attached hydrogens (tertiary/aromatic N) is 6. The van der Waals surface area contributed by atoms with Gasteiger partial charge in [-0.1, -0.05) is 30.0 Å². The van der Waals surface area contributed by atoms with Crippen LogP contribution in [0.25, 0.3) is 11.4 Å². The molecular formula is C18H22N6O2S. The zero-order chi connectivity index (χ0) is 18.8. The second-order valence-electron chi connectivity index (χ2n) is 6.65. The molecule has 1 fully saturated rings. The average molecular weight is 386 g/mol. The van der Waals surface area contributed by atoms with E-state index < -0.39 is 0 Å². The fourth-order valence-electron chi connectivity index (χ4n) is 3.31. The minimum atomic E-state index is -0.138. The van der Waals surface area contributed by atoms with Gasteiger partial charge >= 0.3 is 0 Å². The van der Waals surface area contributed by atoms with Crippen molar-refractivity contribution in [2.75, 3.05) is 19.0 Å². The summed E-state index contributed by atoms with van der Waals surface area (Å²) in [7, 11) is 1.87. The molecule has 27 heavy (non-hydrogen) atoms. The van der Waals surface area contributed by atoms with E-state index in [1.54, 1.807) is 21.1 Å². The average Bonchev–Trinajstić information content (AvgIpc) is 3.24. The van der Waals surface area contributed by atoms with Crippen molar-refractivity contribution in [2.45, 2.75) is 24.9 Å². The molecule has 0 spiro atoms. The summed E-state index contributed by atoms with van der Waals surface area (Å²) in [5.74, 6) is 1.51. The van der Waals surface area contributed by atoms with Gasteiger partial charge < -0.3 is 4.74 Å². The van der Waals surface area contributed by atoms with Crippen molar-refractivity contribution in [3.63, 3.8) is 0 Å². The highest BCUT2D eigenvalue weighted by molar-refractivity contribution is 7.99. The standard InChI is InChI=1S/C18H22N6O2S/c1-13-16(17(25)24(22(13)2)15-6-4-3-5-7-15)23-18(19-20-21-23)27-12-14-8-10-26-11-9-14/h3-7,14H,8-12H2,1-2H3. The van der Waals surface area contributed by atoms with Crippen molar-refractivity contribution in [2.24, 2.45) is 13.0 Å². The molecule has 0 radical (unpaired) electrons. The van der Waals surface area contributed by atoms with Crippen molar-refractivity contribution in [1.82, 2.24) is 29.6 Å². The van der Waals surface area contributed by atoms with Gasteiger partial charge in [-0.15, -0.1) is 5.10 Å². The second-order valence-corrected chi connectivity index (χ2v) is 7.64. The lowest BCUT2D eigenvalue weighted by atomic mass is 10.0. The van der Waals surface area contributed by atoms with Gasteiger partial charge in [-0.2, -0.15) is 4.68 Å². The minimum Gasteiger partial charge on any atom is -0.381 e. The quantitative estimate of drug-likeness (QED) is 0.624. The maximum Gasteiger partial charge on any atom is 0.297 e. The summed E-state index contributed by atoms with van der Waals surface area (Å²) < 4.78 is 10.5. The molecule has 0 amide bonds. The molecule has 8 nitrogen and oxygen atoms in total. The highest BCUT2D eigenvalue weighted by Crippen LogP contribution is 2.25. The highest BCUT2D eigenvalue weighted by Gasteiger charge is 2.23. The number of para-hydroxylation sites is 1. The first-order valence-electron chi connectivity index (χ1n) is 9.00. The number of benzene rings is 1. The summed E-state index contributed by atoms with van der Waals surface area (Å²) in [4.78, 5) is 13.2. The Labute approximate surface area is 161 Å². The second kappa shape index (κ2) is 7.69. The zero-order valence-electron chi connectivity index (χ0n) is 15.4. The van der Waals surface area contributed by atoms with Gasteiger partial charge in [0.15, 0.2) is 5.69 Å². The SMILES string of the molecule is Cc1c(-n2nnnc2SCC2CCOCC2)c(=O)n(-c2ccccc2)n1C. The van der Waals surface area contributed by atoms with Gasteiger partial charge in [-0.3, -0.25) is 9.48 Å². The molecule has 1 saturated heterocycles. The van der Waals surface area contributed by atoms with E-state index in [0.29, 0.717) is 16.8 Å². The molecule has 0 bridgehead atoms. The predicted molar refractivity (Wildman–Crippen MR) is 103 cm³/mol. The molecule has 4 rings (SSSR count). The Kier molecular flexibility index (Phi) is 5.13. The first-order valence-corrected chi connectivity index (χ1v) is 9.98. The van der Waals surface area contributed by atoms with Crippen LogP contribution in [0.5, 0.6) is 0 Å². The van der Waals surface area contributed by atoms with E-state index in [2.05, 4.69) is 15.5 Å². The number of tetrazole rings is 1. The third kappa shape index (κ3) is 3.44. The van der Waals surface area contributed by atoms with Gasteiger partial charge in [0.1, 0.15) is 0 Å². The summed E-state index contributed by atoms with van der Waals surface area (Å²) >= 11 is 1.60. The number of hydrogen-bond donors (Lipinski definition) is 0. The smallest absolute Gasteiger partial charge is 0.297 e. The van der Waals surface area contributed by atoms with Crippen LogP contribution in [-0.2, 0) is 11.8 Å². The molecule has 0 N–H and O–H groups in total. The Morgan fingerprint density at radius 2 is 1.96 bits per heavy atom.